The molecular formula is C22H24ClN3O5S. The predicted octanol–water partition coefficient (Wildman–Crippen LogP) is 2.81. The van der Waals surface area contributed by atoms with E-state index in [9.17, 15) is 18.0 Å². The van der Waals surface area contributed by atoms with Gasteiger partial charge in [-0.25, -0.2) is 13.4 Å². The number of carbonyl (C=O) groups excluding carboxylic acids is 2. The molecule has 0 atom stereocenters. The number of ether oxygens (including phenoxy) is 1. The number of benzene rings is 1. The van der Waals surface area contributed by atoms with E-state index in [4.69, 9.17) is 16.3 Å². The van der Waals surface area contributed by atoms with Crippen LogP contribution in [-0.2, 0) is 37.2 Å². The van der Waals surface area contributed by atoms with Crippen molar-refractivity contribution in [1.29, 1.82) is 0 Å². The molecule has 170 valence electrons. The second-order valence-corrected chi connectivity index (χ2v) is 10.3. The number of halogens is 1. The number of pyridine rings is 1. The minimum absolute atomic E-state index is 0.143. The number of nitrogens with one attached hydrogen (secondary N) is 1. The van der Waals surface area contributed by atoms with E-state index in [-0.39, 0.29) is 18.2 Å². The Morgan fingerprint density at radius 2 is 1.91 bits per heavy atom. The van der Waals surface area contributed by atoms with Crippen molar-refractivity contribution >= 4 is 39.2 Å². The molecule has 0 unspecified atom stereocenters. The van der Waals surface area contributed by atoms with E-state index < -0.39 is 34.4 Å². The molecule has 10 heteroatoms. The van der Waals surface area contributed by atoms with Crippen molar-refractivity contribution in [2.45, 2.75) is 37.0 Å². The molecule has 4 rings (SSSR count). The van der Waals surface area contributed by atoms with Crippen molar-refractivity contribution in [3.8, 4) is 0 Å². The fourth-order valence-corrected chi connectivity index (χ4v) is 5.80. The number of carbonyl (C=O) groups is 2. The smallest absolute Gasteiger partial charge is 0.309 e. The van der Waals surface area contributed by atoms with Crippen LogP contribution in [0.25, 0.3) is 0 Å². The SMILES string of the molecule is O=C(COC(=O)C1CCN(S(=O)(=O)c2ccc3c(c2)CCC3)CC1)Nc1cccnc1Cl. The van der Waals surface area contributed by atoms with Crippen LogP contribution in [0.5, 0.6) is 0 Å². The molecule has 1 N–H and O–H groups in total. The standard InChI is InChI=1S/C22H24ClN3O5S/c23-21-19(5-2-10-24-21)25-20(27)14-31-22(28)16-8-11-26(12-9-16)32(29,30)18-7-6-15-3-1-4-17(15)13-18/h2,5-7,10,13,16H,1,3-4,8-9,11-12,14H2,(H,25,27). The molecule has 1 aliphatic heterocycles. The van der Waals surface area contributed by atoms with E-state index in [1.807, 2.05) is 6.07 Å². The Bertz CT molecular complexity index is 1130. The van der Waals surface area contributed by atoms with E-state index in [2.05, 4.69) is 10.3 Å². The van der Waals surface area contributed by atoms with Crippen LogP contribution < -0.4 is 5.32 Å². The van der Waals surface area contributed by atoms with Gasteiger partial charge >= 0.3 is 5.97 Å². The lowest BCUT2D eigenvalue weighted by Crippen LogP contribution is -2.41. The van der Waals surface area contributed by atoms with Crippen LogP contribution in [0.1, 0.15) is 30.4 Å². The van der Waals surface area contributed by atoms with Crippen LogP contribution in [-0.4, -0.2) is 49.3 Å². The molecular weight excluding hydrogens is 454 g/mol. The molecule has 1 saturated heterocycles. The lowest BCUT2D eigenvalue weighted by Gasteiger charge is -2.30. The van der Waals surface area contributed by atoms with Crippen LogP contribution in [0.15, 0.2) is 41.4 Å². The molecule has 2 aromatic rings. The molecule has 8 nitrogen and oxygen atoms in total. The van der Waals surface area contributed by atoms with Crippen LogP contribution in [0.4, 0.5) is 5.69 Å². The summed E-state index contributed by atoms with van der Waals surface area (Å²) in [6.07, 6.45) is 5.15. The Kier molecular flexibility index (Phi) is 6.78. The van der Waals surface area contributed by atoms with Gasteiger partial charge in [0.2, 0.25) is 10.0 Å². The number of piperidine rings is 1. The van der Waals surface area contributed by atoms with Gasteiger partial charge in [0.25, 0.3) is 5.91 Å². The zero-order chi connectivity index (χ0) is 22.7. The van der Waals surface area contributed by atoms with Gasteiger partial charge in [0.1, 0.15) is 0 Å². The quantitative estimate of drug-likeness (QED) is 0.506. The number of aryl methyl sites for hydroxylation is 2. The molecule has 0 spiro atoms. The van der Waals surface area contributed by atoms with Crippen molar-refractivity contribution in [1.82, 2.24) is 9.29 Å². The van der Waals surface area contributed by atoms with Crippen molar-refractivity contribution in [3.63, 3.8) is 0 Å². The zero-order valence-corrected chi connectivity index (χ0v) is 19.0. The van der Waals surface area contributed by atoms with Crippen LogP contribution in [0.3, 0.4) is 0 Å². The molecule has 2 heterocycles. The number of esters is 1. The molecule has 0 radical (unpaired) electrons. The largest absolute Gasteiger partial charge is 0.455 e. The highest BCUT2D eigenvalue weighted by molar-refractivity contribution is 7.89. The number of anilines is 1. The van der Waals surface area contributed by atoms with Gasteiger partial charge in [0.05, 0.1) is 16.5 Å². The Labute approximate surface area is 192 Å². The van der Waals surface area contributed by atoms with Gasteiger partial charge in [-0.05, 0) is 67.5 Å². The molecule has 0 saturated carbocycles. The maximum absolute atomic E-state index is 13.0. The van der Waals surface area contributed by atoms with Gasteiger partial charge in [0, 0.05) is 19.3 Å². The number of hydrogen-bond acceptors (Lipinski definition) is 6. The topological polar surface area (TPSA) is 106 Å². The Morgan fingerprint density at radius 3 is 2.66 bits per heavy atom. The first kappa shape index (κ1) is 22.7. The van der Waals surface area contributed by atoms with Gasteiger partial charge in [-0.2, -0.15) is 4.31 Å². The summed E-state index contributed by atoms with van der Waals surface area (Å²) in [4.78, 5) is 28.5. The van der Waals surface area contributed by atoms with Crippen molar-refractivity contribution in [2.24, 2.45) is 5.92 Å². The second-order valence-electron chi connectivity index (χ2n) is 7.96. The normalized spacial score (nSPS) is 17.0. The van der Waals surface area contributed by atoms with E-state index in [1.54, 1.807) is 24.3 Å². The number of sulfonamides is 1. The number of rotatable bonds is 6. The third kappa shape index (κ3) is 4.95. The van der Waals surface area contributed by atoms with Gasteiger partial charge in [-0.1, -0.05) is 17.7 Å². The molecule has 1 fully saturated rings. The molecule has 1 amide bonds. The minimum Gasteiger partial charge on any atom is -0.455 e. The second kappa shape index (κ2) is 9.56. The lowest BCUT2D eigenvalue weighted by molar-refractivity contribution is -0.152. The molecule has 1 aromatic heterocycles. The summed E-state index contributed by atoms with van der Waals surface area (Å²) < 4.78 is 32.6. The molecule has 1 aromatic carbocycles. The van der Waals surface area contributed by atoms with Crippen LogP contribution >= 0.6 is 11.6 Å². The average Bonchev–Trinajstić information content (AvgIpc) is 3.27. The number of amides is 1. The summed E-state index contributed by atoms with van der Waals surface area (Å²) in [5.74, 6) is -1.48. The zero-order valence-electron chi connectivity index (χ0n) is 17.4. The Hall–Kier alpha value is -2.49. The number of nitrogens with zero attached hydrogens (tertiary/aromatic N) is 2. The van der Waals surface area contributed by atoms with Gasteiger partial charge in [-0.3, -0.25) is 9.59 Å². The van der Waals surface area contributed by atoms with Gasteiger partial charge in [0.15, 0.2) is 11.8 Å². The molecule has 0 bridgehead atoms. The van der Waals surface area contributed by atoms with E-state index >= 15 is 0 Å². The minimum atomic E-state index is -3.60. The van der Waals surface area contributed by atoms with Crippen molar-refractivity contribution in [2.75, 3.05) is 25.0 Å². The third-order valence-electron chi connectivity index (χ3n) is 5.87. The first-order valence-electron chi connectivity index (χ1n) is 10.5. The highest BCUT2D eigenvalue weighted by Crippen LogP contribution is 2.29. The van der Waals surface area contributed by atoms with Crippen LogP contribution in [0, 0.1) is 5.92 Å². The third-order valence-corrected chi connectivity index (χ3v) is 8.07. The van der Waals surface area contributed by atoms with Crippen LogP contribution in [0.2, 0.25) is 5.15 Å². The number of hydrogen-bond donors (Lipinski definition) is 1. The summed E-state index contributed by atoms with van der Waals surface area (Å²) in [7, 11) is -3.60. The lowest BCUT2D eigenvalue weighted by atomic mass is 9.98. The summed E-state index contributed by atoms with van der Waals surface area (Å²) in [6.45, 7) is 0.0189. The summed E-state index contributed by atoms with van der Waals surface area (Å²) >= 11 is 5.89. The summed E-state index contributed by atoms with van der Waals surface area (Å²) in [5.41, 5.74) is 2.66. The van der Waals surface area contributed by atoms with Gasteiger partial charge in [-0.15, -0.1) is 0 Å². The number of aromatic nitrogens is 1. The molecule has 1 aliphatic carbocycles. The Morgan fingerprint density at radius 1 is 1.16 bits per heavy atom. The highest BCUT2D eigenvalue weighted by atomic mass is 35.5. The summed E-state index contributed by atoms with van der Waals surface area (Å²) in [6, 6.07) is 8.57. The van der Waals surface area contributed by atoms with Crippen molar-refractivity contribution < 1.29 is 22.7 Å². The summed E-state index contributed by atoms with van der Waals surface area (Å²) in [5, 5.41) is 2.68. The number of fused-ring (bicyclic) bond motifs is 1. The van der Waals surface area contributed by atoms with E-state index in [0.717, 1.165) is 24.8 Å². The Balaban J connectivity index is 1.28. The predicted molar refractivity (Wildman–Crippen MR) is 119 cm³/mol. The molecule has 2 aliphatic rings. The highest BCUT2D eigenvalue weighted by Gasteiger charge is 2.33. The van der Waals surface area contributed by atoms with E-state index in [0.29, 0.717) is 23.4 Å². The van der Waals surface area contributed by atoms with Crippen molar-refractivity contribution in [3.05, 3.63) is 52.8 Å². The maximum Gasteiger partial charge on any atom is 0.309 e. The fraction of sp³-hybridized carbons (Fsp3) is 0.409. The first-order valence-corrected chi connectivity index (χ1v) is 12.4. The fourth-order valence-electron chi connectivity index (χ4n) is 4.11. The first-order chi connectivity index (χ1) is 15.3. The van der Waals surface area contributed by atoms with E-state index in [1.165, 1.54) is 16.1 Å². The van der Waals surface area contributed by atoms with Gasteiger partial charge < -0.3 is 10.1 Å². The average molecular weight is 478 g/mol. The molecule has 32 heavy (non-hydrogen) atoms. The maximum atomic E-state index is 13.0. The monoisotopic (exact) mass is 477 g/mol.